The first-order valence-electron chi connectivity index (χ1n) is 6.78. The third-order valence-electron chi connectivity index (χ3n) is 3.25. The Kier molecular flexibility index (Phi) is 5.03. The van der Waals surface area contributed by atoms with Crippen molar-refractivity contribution < 1.29 is 19.1 Å². The van der Waals surface area contributed by atoms with Gasteiger partial charge in [0.25, 0.3) is 5.91 Å². The van der Waals surface area contributed by atoms with Crippen LogP contribution in [0.3, 0.4) is 0 Å². The maximum atomic E-state index is 12.4. The molecule has 0 aliphatic heterocycles. The van der Waals surface area contributed by atoms with E-state index in [1.807, 2.05) is 24.3 Å². The number of carbonyl (C=O) groups excluding carboxylic acids is 1. The van der Waals surface area contributed by atoms with Gasteiger partial charge >= 0.3 is 5.97 Å². The first-order chi connectivity index (χ1) is 10.4. The molecule has 0 bridgehead atoms. The Morgan fingerprint density at radius 3 is 2.41 bits per heavy atom. The van der Waals surface area contributed by atoms with Gasteiger partial charge in [-0.1, -0.05) is 35.0 Å². The highest BCUT2D eigenvalue weighted by Crippen LogP contribution is 2.19. The molecular formula is C16H16BrNO4. The number of amides is 1. The van der Waals surface area contributed by atoms with Crippen LogP contribution in [0.4, 0.5) is 0 Å². The number of halogens is 1. The van der Waals surface area contributed by atoms with E-state index in [0.29, 0.717) is 18.7 Å². The first kappa shape index (κ1) is 16.3. The van der Waals surface area contributed by atoms with E-state index >= 15 is 0 Å². The summed E-state index contributed by atoms with van der Waals surface area (Å²) in [6.07, 6.45) is 0.422. The molecule has 0 radical (unpaired) electrons. The summed E-state index contributed by atoms with van der Waals surface area (Å²) in [5.74, 6) is -1.07. The van der Waals surface area contributed by atoms with Gasteiger partial charge in [0.1, 0.15) is 11.3 Å². The zero-order valence-electron chi connectivity index (χ0n) is 12.3. The third kappa shape index (κ3) is 3.57. The zero-order chi connectivity index (χ0) is 16.3. The van der Waals surface area contributed by atoms with Crippen LogP contribution >= 0.6 is 15.9 Å². The van der Waals surface area contributed by atoms with Crippen molar-refractivity contribution in [3.05, 3.63) is 57.5 Å². The minimum atomic E-state index is -1.09. The van der Waals surface area contributed by atoms with E-state index in [-0.39, 0.29) is 17.2 Å². The van der Waals surface area contributed by atoms with Gasteiger partial charge in [-0.15, -0.1) is 0 Å². The molecule has 1 N–H and O–H groups in total. The highest BCUT2D eigenvalue weighted by atomic mass is 79.9. The fourth-order valence-corrected chi connectivity index (χ4v) is 2.37. The fraction of sp³-hybridized carbons (Fsp3) is 0.250. The highest BCUT2D eigenvalue weighted by Gasteiger charge is 2.22. The largest absolute Gasteiger partial charge is 0.478 e. The second-order valence-corrected chi connectivity index (χ2v) is 5.81. The molecule has 0 saturated heterocycles. The molecule has 0 spiro atoms. The molecule has 2 rings (SSSR count). The van der Waals surface area contributed by atoms with E-state index in [4.69, 9.17) is 9.52 Å². The van der Waals surface area contributed by atoms with Crippen LogP contribution in [-0.2, 0) is 13.0 Å². The van der Waals surface area contributed by atoms with E-state index in [2.05, 4.69) is 15.9 Å². The van der Waals surface area contributed by atoms with Crippen LogP contribution in [0.1, 0.15) is 39.2 Å². The van der Waals surface area contributed by atoms with E-state index < -0.39 is 5.97 Å². The number of carboxylic acid groups (broad SMARTS) is 1. The number of carboxylic acids is 1. The van der Waals surface area contributed by atoms with Crippen molar-refractivity contribution >= 4 is 27.8 Å². The number of rotatable bonds is 5. The molecule has 22 heavy (non-hydrogen) atoms. The molecule has 2 aromatic rings. The van der Waals surface area contributed by atoms with Gasteiger partial charge in [0.2, 0.25) is 0 Å². The summed E-state index contributed by atoms with van der Waals surface area (Å²) in [4.78, 5) is 25.0. The normalized spacial score (nSPS) is 10.5. The predicted octanol–water partition coefficient (Wildman–Crippen LogP) is 3.57. The summed E-state index contributed by atoms with van der Waals surface area (Å²) in [6.45, 7) is 2.20. The average molecular weight is 366 g/mol. The minimum Gasteiger partial charge on any atom is -0.478 e. The van der Waals surface area contributed by atoms with E-state index in [0.717, 1.165) is 10.0 Å². The number of carbonyl (C=O) groups is 2. The second kappa shape index (κ2) is 6.79. The minimum absolute atomic E-state index is 0.0443. The van der Waals surface area contributed by atoms with Crippen molar-refractivity contribution in [3.8, 4) is 0 Å². The van der Waals surface area contributed by atoms with Crippen molar-refractivity contribution in [1.82, 2.24) is 4.90 Å². The van der Waals surface area contributed by atoms with Crippen molar-refractivity contribution in [2.24, 2.45) is 0 Å². The lowest BCUT2D eigenvalue weighted by atomic mass is 10.2. The number of nitrogens with zero attached hydrogens (tertiary/aromatic N) is 1. The Morgan fingerprint density at radius 2 is 1.91 bits per heavy atom. The summed E-state index contributed by atoms with van der Waals surface area (Å²) in [6, 6.07) is 8.92. The maximum Gasteiger partial charge on any atom is 0.339 e. The van der Waals surface area contributed by atoms with E-state index in [1.165, 1.54) is 11.0 Å². The molecule has 0 aliphatic rings. The second-order valence-electron chi connectivity index (χ2n) is 4.89. The molecule has 116 valence electrons. The average Bonchev–Trinajstić information content (AvgIpc) is 2.93. The Balaban J connectivity index is 2.16. The lowest BCUT2D eigenvalue weighted by molar-refractivity contribution is 0.0693. The molecule has 0 fully saturated rings. The maximum absolute atomic E-state index is 12.4. The molecule has 5 nitrogen and oxygen atoms in total. The van der Waals surface area contributed by atoms with Crippen LogP contribution in [0.5, 0.6) is 0 Å². The lowest BCUT2D eigenvalue weighted by Crippen LogP contribution is -2.25. The van der Waals surface area contributed by atoms with Crippen LogP contribution in [0.15, 0.2) is 39.2 Å². The topological polar surface area (TPSA) is 70.8 Å². The molecule has 0 aliphatic carbocycles. The standard InChI is InChI=1S/C16H16BrNO4/c1-3-13-12(16(20)21)8-14(22-13)15(19)18(2)9-10-4-6-11(17)7-5-10/h4-8H,3,9H2,1-2H3,(H,20,21). The van der Waals surface area contributed by atoms with Crippen molar-refractivity contribution in [1.29, 1.82) is 0 Å². The van der Waals surface area contributed by atoms with Crippen LogP contribution in [-0.4, -0.2) is 28.9 Å². The van der Waals surface area contributed by atoms with Gasteiger partial charge in [-0.3, -0.25) is 4.79 Å². The van der Waals surface area contributed by atoms with Crippen LogP contribution in [0.2, 0.25) is 0 Å². The number of hydrogen-bond acceptors (Lipinski definition) is 3. The molecular weight excluding hydrogens is 350 g/mol. The monoisotopic (exact) mass is 365 g/mol. The summed E-state index contributed by atoms with van der Waals surface area (Å²) >= 11 is 3.36. The number of benzene rings is 1. The van der Waals surface area contributed by atoms with Gasteiger partial charge in [-0.25, -0.2) is 4.79 Å². The summed E-state index contributed by atoms with van der Waals surface area (Å²) in [5, 5.41) is 9.10. The predicted molar refractivity (Wildman–Crippen MR) is 85.0 cm³/mol. The molecule has 0 atom stereocenters. The van der Waals surface area contributed by atoms with Gasteiger partial charge in [0.05, 0.1) is 0 Å². The zero-order valence-corrected chi connectivity index (χ0v) is 13.9. The molecule has 1 heterocycles. The molecule has 0 saturated carbocycles. The molecule has 0 unspecified atom stereocenters. The van der Waals surface area contributed by atoms with Crippen LogP contribution in [0.25, 0.3) is 0 Å². The summed E-state index contributed by atoms with van der Waals surface area (Å²) in [7, 11) is 1.65. The number of aromatic carboxylic acids is 1. The molecule has 1 amide bonds. The highest BCUT2D eigenvalue weighted by molar-refractivity contribution is 9.10. The Bertz CT molecular complexity index is 691. The summed E-state index contributed by atoms with van der Waals surface area (Å²) < 4.78 is 6.35. The Hall–Kier alpha value is -2.08. The van der Waals surface area contributed by atoms with E-state index in [1.54, 1.807) is 14.0 Å². The summed E-state index contributed by atoms with van der Waals surface area (Å²) in [5.41, 5.74) is 1.02. The van der Waals surface area contributed by atoms with Gasteiger partial charge < -0.3 is 14.4 Å². The fourth-order valence-electron chi connectivity index (χ4n) is 2.10. The Labute approximate surface area is 136 Å². The molecule has 6 heteroatoms. The van der Waals surface area contributed by atoms with Crippen molar-refractivity contribution in [2.75, 3.05) is 7.05 Å². The SMILES string of the molecule is CCc1oc(C(=O)N(C)Cc2ccc(Br)cc2)cc1C(=O)O. The lowest BCUT2D eigenvalue weighted by Gasteiger charge is -2.15. The quantitative estimate of drug-likeness (QED) is 0.878. The molecule has 1 aromatic carbocycles. The van der Waals surface area contributed by atoms with E-state index in [9.17, 15) is 9.59 Å². The Morgan fingerprint density at radius 1 is 1.27 bits per heavy atom. The number of hydrogen-bond donors (Lipinski definition) is 1. The van der Waals surface area contributed by atoms with Crippen LogP contribution < -0.4 is 0 Å². The van der Waals surface area contributed by atoms with Gasteiger partial charge in [0, 0.05) is 30.6 Å². The number of furan rings is 1. The third-order valence-corrected chi connectivity index (χ3v) is 3.78. The molecule has 1 aromatic heterocycles. The van der Waals surface area contributed by atoms with Gasteiger partial charge in [-0.2, -0.15) is 0 Å². The number of aryl methyl sites for hydroxylation is 1. The van der Waals surface area contributed by atoms with Crippen molar-refractivity contribution in [3.63, 3.8) is 0 Å². The first-order valence-corrected chi connectivity index (χ1v) is 7.57. The smallest absolute Gasteiger partial charge is 0.339 e. The van der Waals surface area contributed by atoms with Crippen molar-refractivity contribution in [2.45, 2.75) is 19.9 Å². The van der Waals surface area contributed by atoms with Crippen LogP contribution in [0, 0.1) is 0 Å². The van der Waals surface area contributed by atoms with Gasteiger partial charge in [-0.05, 0) is 17.7 Å². The van der Waals surface area contributed by atoms with Gasteiger partial charge in [0.15, 0.2) is 5.76 Å².